The number of piperazine rings is 1. The molecule has 0 radical (unpaired) electrons. The Labute approximate surface area is 129 Å². The Balaban J connectivity index is 2.49. The lowest BCUT2D eigenvalue weighted by Gasteiger charge is -2.33. The van der Waals surface area contributed by atoms with Crippen LogP contribution in [0.3, 0.4) is 0 Å². The molecule has 2 amide bonds. The molecule has 1 rings (SSSR count). The number of nitrogens with zero attached hydrogens (tertiary/aromatic N) is 2. The molecule has 0 aromatic rings. The molecule has 0 atom stereocenters. The van der Waals surface area contributed by atoms with Crippen molar-refractivity contribution in [3.05, 3.63) is 0 Å². The highest BCUT2D eigenvalue weighted by Crippen LogP contribution is 2.10. The van der Waals surface area contributed by atoms with E-state index in [1.807, 2.05) is 0 Å². The van der Waals surface area contributed by atoms with Gasteiger partial charge in [-0.15, -0.1) is 0 Å². The maximum absolute atomic E-state index is 11.9. The minimum Gasteiger partial charge on any atom is -0.481 e. The Morgan fingerprint density at radius 2 is 1.68 bits per heavy atom. The van der Waals surface area contributed by atoms with E-state index in [9.17, 15) is 19.2 Å². The molecule has 0 aromatic heterocycles. The molecule has 0 spiro atoms. The van der Waals surface area contributed by atoms with E-state index < -0.39 is 29.4 Å². The van der Waals surface area contributed by atoms with Gasteiger partial charge in [0.25, 0.3) is 0 Å². The molecule has 1 aliphatic heterocycles. The fourth-order valence-corrected chi connectivity index (χ4v) is 2.03. The second-order valence-electron chi connectivity index (χ2n) is 6.10. The van der Waals surface area contributed by atoms with Gasteiger partial charge in [0.15, 0.2) is 0 Å². The predicted octanol–water partition coefficient (Wildman–Crippen LogP) is -0.136. The summed E-state index contributed by atoms with van der Waals surface area (Å²) in [6.45, 7) is 5.64. The largest absolute Gasteiger partial charge is 0.481 e. The third-order valence-corrected chi connectivity index (χ3v) is 2.96. The molecule has 8 nitrogen and oxygen atoms in total. The van der Waals surface area contributed by atoms with Crippen molar-refractivity contribution in [3.8, 4) is 0 Å². The molecule has 8 heteroatoms. The summed E-state index contributed by atoms with van der Waals surface area (Å²) in [6.07, 6.45) is 0.236. The van der Waals surface area contributed by atoms with Crippen molar-refractivity contribution < 1.29 is 29.0 Å². The number of ether oxygens (including phenoxy) is 1. The molecule has 1 aliphatic rings. The van der Waals surface area contributed by atoms with Gasteiger partial charge in [0, 0.05) is 26.1 Å². The standard InChI is InChI=1S/C14H22N2O6/c1-14(2,3)22-11(19)9-16-8-7-15(12(20)13(16)21)6-4-5-10(17)18/h4-9H2,1-3H3,(H,17,18). The van der Waals surface area contributed by atoms with Gasteiger partial charge in [-0.05, 0) is 27.2 Å². The second-order valence-corrected chi connectivity index (χ2v) is 6.10. The van der Waals surface area contributed by atoms with Gasteiger partial charge < -0.3 is 19.6 Å². The van der Waals surface area contributed by atoms with Gasteiger partial charge in [-0.1, -0.05) is 0 Å². The lowest BCUT2D eigenvalue weighted by atomic mass is 10.2. The first-order valence-corrected chi connectivity index (χ1v) is 7.12. The van der Waals surface area contributed by atoms with E-state index in [1.54, 1.807) is 20.8 Å². The molecule has 1 saturated heterocycles. The zero-order valence-corrected chi connectivity index (χ0v) is 13.1. The van der Waals surface area contributed by atoms with Crippen LogP contribution in [-0.4, -0.2) is 70.4 Å². The van der Waals surface area contributed by atoms with Crippen LogP contribution in [0, 0.1) is 0 Å². The molecule has 22 heavy (non-hydrogen) atoms. The van der Waals surface area contributed by atoms with Crippen molar-refractivity contribution in [1.82, 2.24) is 9.80 Å². The Morgan fingerprint density at radius 1 is 1.14 bits per heavy atom. The molecule has 1 heterocycles. The zero-order valence-electron chi connectivity index (χ0n) is 13.1. The Bertz CT molecular complexity index is 468. The second kappa shape index (κ2) is 7.24. The lowest BCUT2D eigenvalue weighted by Crippen LogP contribution is -2.55. The van der Waals surface area contributed by atoms with E-state index in [2.05, 4.69) is 0 Å². The van der Waals surface area contributed by atoms with Crippen LogP contribution in [-0.2, 0) is 23.9 Å². The molecule has 124 valence electrons. The summed E-state index contributed by atoms with van der Waals surface area (Å²) in [6, 6.07) is 0. The highest BCUT2D eigenvalue weighted by Gasteiger charge is 2.34. The molecule has 0 bridgehead atoms. The van der Waals surface area contributed by atoms with Gasteiger partial charge in [0.2, 0.25) is 0 Å². The lowest BCUT2D eigenvalue weighted by molar-refractivity contribution is -0.164. The first-order valence-electron chi connectivity index (χ1n) is 7.12. The minimum absolute atomic E-state index is 0.0560. The van der Waals surface area contributed by atoms with Crippen LogP contribution in [0.4, 0.5) is 0 Å². The van der Waals surface area contributed by atoms with Crippen LogP contribution in [0.1, 0.15) is 33.6 Å². The van der Waals surface area contributed by atoms with E-state index in [-0.39, 0.29) is 32.6 Å². The van der Waals surface area contributed by atoms with Crippen molar-refractivity contribution in [2.24, 2.45) is 0 Å². The van der Waals surface area contributed by atoms with Crippen LogP contribution >= 0.6 is 0 Å². The number of hydrogen-bond acceptors (Lipinski definition) is 5. The number of hydrogen-bond donors (Lipinski definition) is 1. The highest BCUT2D eigenvalue weighted by atomic mass is 16.6. The number of aliphatic carboxylic acids is 1. The summed E-state index contributed by atoms with van der Waals surface area (Å²) in [4.78, 5) is 48.5. The van der Waals surface area contributed by atoms with Gasteiger partial charge >= 0.3 is 23.8 Å². The minimum atomic E-state index is -0.942. The highest BCUT2D eigenvalue weighted by molar-refractivity contribution is 6.35. The van der Waals surface area contributed by atoms with Gasteiger partial charge in [-0.25, -0.2) is 0 Å². The van der Waals surface area contributed by atoms with E-state index in [0.717, 1.165) is 4.90 Å². The fourth-order valence-electron chi connectivity index (χ4n) is 2.03. The van der Waals surface area contributed by atoms with Crippen LogP contribution in [0.15, 0.2) is 0 Å². The van der Waals surface area contributed by atoms with Crippen molar-refractivity contribution in [2.75, 3.05) is 26.2 Å². The van der Waals surface area contributed by atoms with Crippen LogP contribution in [0.25, 0.3) is 0 Å². The third-order valence-electron chi connectivity index (χ3n) is 2.96. The van der Waals surface area contributed by atoms with Crippen LogP contribution in [0.2, 0.25) is 0 Å². The molecular formula is C14H22N2O6. The number of carbonyl (C=O) groups is 4. The number of carbonyl (C=O) groups excluding carboxylic acids is 3. The van der Waals surface area contributed by atoms with Crippen molar-refractivity contribution in [2.45, 2.75) is 39.2 Å². The summed E-state index contributed by atoms with van der Waals surface area (Å²) in [5.41, 5.74) is -0.650. The average Bonchev–Trinajstić information content (AvgIpc) is 2.35. The van der Waals surface area contributed by atoms with Crippen LogP contribution < -0.4 is 0 Å². The van der Waals surface area contributed by atoms with E-state index in [0.29, 0.717) is 6.42 Å². The maximum Gasteiger partial charge on any atom is 0.326 e. The van der Waals surface area contributed by atoms with Crippen molar-refractivity contribution in [1.29, 1.82) is 0 Å². The fraction of sp³-hybridized carbons (Fsp3) is 0.714. The number of esters is 1. The molecule has 0 aliphatic carbocycles. The summed E-state index contributed by atoms with van der Waals surface area (Å²) in [7, 11) is 0. The molecular weight excluding hydrogens is 292 g/mol. The maximum atomic E-state index is 11.9. The van der Waals surface area contributed by atoms with Gasteiger partial charge in [-0.3, -0.25) is 19.2 Å². The topological polar surface area (TPSA) is 104 Å². The van der Waals surface area contributed by atoms with E-state index in [4.69, 9.17) is 9.84 Å². The van der Waals surface area contributed by atoms with Gasteiger partial charge in [0.1, 0.15) is 12.1 Å². The summed E-state index contributed by atoms with van der Waals surface area (Å²) in [5, 5.41) is 8.56. The Kier molecular flexibility index (Phi) is 5.90. The first-order chi connectivity index (χ1) is 10.1. The number of amides is 2. The number of rotatable bonds is 6. The Morgan fingerprint density at radius 3 is 2.23 bits per heavy atom. The van der Waals surface area contributed by atoms with Crippen molar-refractivity contribution >= 4 is 23.8 Å². The third kappa shape index (κ3) is 5.71. The normalized spacial score (nSPS) is 16.0. The van der Waals surface area contributed by atoms with E-state index in [1.165, 1.54) is 4.90 Å². The summed E-state index contributed by atoms with van der Waals surface area (Å²) >= 11 is 0. The molecule has 0 saturated carbocycles. The van der Waals surface area contributed by atoms with E-state index >= 15 is 0 Å². The summed E-state index contributed by atoms with van der Waals surface area (Å²) in [5.74, 6) is -2.97. The SMILES string of the molecule is CC(C)(C)OC(=O)CN1CCN(CCCC(=O)O)C(=O)C1=O. The average molecular weight is 314 g/mol. The van der Waals surface area contributed by atoms with Crippen molar-refractivity contribution in [3.63, 3.8) is 0 Å². The first kappa shape index (κ1) is 17.9. The van der Waals surface area contributed by atoms with Gasteiger partial charge in [-0.2, -0.15) is 0 Å². The predicted molar refractivity (Wildman–Crippen MR) is 75.9 cm³/mol. The number of carboxylic acids is 1. The molecule has 0 unspecified atom stereocenters. The summed E-state index contributed by atoms with van der Waals surface area (Å²) < 4.78 is 5.12. The monoisotopic (exact) mass is 314 g/mol. The zero-order chi connectivity index (χ0) is 16.9. The van der Waals surface area contributed by atoms with Crippen LogP contribution in [0.5, 0.6) is 0 Å². The van der Waals surface area contributed by atoms with Gasteiger partial charge in [0.05, 0.1) is 0 Å². The molecule has 1 fully saturated rings. The quantitative estimate of drug-likeness (QED) is 0.541. The molecule has 0 aromatic carbocycles. The smallest absolute Gasteiger partial charge is 0.326 e. The Hall–Kier alpha value is -2.12. The molecule has 1 N–H and O–H groups in total. The number of carboxylic acid groups (broad SMARTS) is 1.